The van der Waals surface area contributed by atoms with Gasteiger partial charge in [-0.25, -0.2) is 0 Å². The monoisotopic (exact) mass is 841 g/mol. The van der Waals surface area contributed by atoms with Crippen LogP contribution in [0.1, 0.15) is 138 Å². The predicted octanol–water partition coefficient (Wildman–Crippen LogP) is 8.96. The van der Waals surface area contributed by atoms with Gasteiger partial charge in [-0.3, -0.25) is 9.59 Å². The molecule has 0 saturated heterocycles. The summed E-state index contributed by atoms with van der Waals surface area (Å²) in [7, 11) is -3.31. The van der Waals surface area contributed by atoms with Gasteiger partial charge >= 0.3 is 0 Å². The largest absolute Gasteiger partial charge is 0.424 e. The first-order valence-electron chi connectivity index (χ1n) is 23.9. The van der Waals surface area contributed by atoms with Crippen molar-refractivity contribution in [2.75, 3.05) is 19.8 Å². The number of amides is 2. The zero-order valence-corrected chi connectivity index (χ0v) is 39.3. The van der Waals surface area contributed by atoms with Crippen LogP contribution in [0.4, 0.5) is 0 Å². The lowest BCUT2D eigenvalue weighted by Gasteiger charge is -2.61. The van der Waals surface area contributed by atoms with Gasteiger partial charge in [-0.05, 0) is 145 Å². The number of unbranched alkanes of at least 4 members (excludes halogenated alkanes) is 1. The van der Waals surface area contributed by atoms with Gasteiger partial charge in [0.15, 0.2) is 0 Å². The van der Waals surface area contributed by atoms with E-state index in [-0.39, 0.29) is 43.6 Å². The number of ether oxygens (including phenoxy) is 1. The summed E-state index contributed by atoms with van der Waals surface area (Å²) < 4.78 is 6.29. The van der Waals surface area contributed by atoms with Crippen molar-refractivity contribution in [3.8, 4) is 0 Å². The molecule has 4 aliphatic rings. The van der Waals surface area contributed by atoms with Crippen LogP contribution >= 0.6 is 0 Å². The van der Waals surface area contributed by atoms with Crippen LogP contribution in [0.3, 0.4) is 0 Å². The van der Waals surface area contributed by atoms with E-state index >= 15 is 0 Å². The van der Waals surface area contributed by atoms with E-state index in [1.54, 1.807) is 0 Å². The zero-order valence-electron chi connectivity index (χ0n) is 38.3. The van der Waals surface area contributed by atoms with Gasteiger partial charge in [0.25, 0.3) is 8.32 Å². The molecule has 2 aromatic carbocycles. The molecule has 6 rings (SSSR count). The number of aliphatic hydroxyl groups is 1. The van der Waals surface area contributed by atoms with Gasteiger partial charge in [-0.2, -0.15) is 0 Å². The Balaban J connectivity index is 0.975. The summed E-state index contributed by atoms with van der Waals surface area (Å²) in [5.41, 5.74) is 0.906. The van der Waals surface area contributed by atoms with Gasteiger partial charge in [0.2, 0.25) is 11.8 Å². The molecule has 60 heavy (non-hydrogen) atoms. The molecule has 2 aromatic rings. The first-order chi connectivity index (χ1) is 28.7. The van der Waals surface area contributed by atoms with Gasteiger partial charge in [-0.15, -0.1) is 0 Å². The van der Waals surface area contributed by atoms with E-state index in [9.17, 15) is 19.5 Å². The van der Waals surface area contributed by atoms with Crippen LogP contribution in [0.15, 0.2) is 72.8 Å². The second-order valence-electron chi connectivity index (χ2n) is 21.2. The molecule has 4 saturated carbocycles. The number of hydrogen-bond acceptors (Lipinski definition) is 5. The number of carbonyl (C=O) groups excluding carboxylic acids is 2. The summed E-state index contributed by atoms with van der Waals surface area (Å²) in [6.45, 7) is 15.6. The van der Waals surface area contributed by atoms with E-state index in [0.717, 1.165) is 52.8 Å². The first-order valence-corrected chi connectivity index (χ1v) is 25.9. The number of aliphatic hydroxyl groups excluding tert-OH is 1. The third kappa shape index (κ3) is 10.0. The molecule has 332 valence electrons. The lowest BCUT2D eigenvalue weighted by atomic mass is 9.44. The number of rotatable bonds is 19. The molecule has 0 aliphatic heterocycles. The van der Waals surface area contributed by atoms with Crippen molar-refractivity contribution in [3.63, 3.8) is 0 Å². The molecule has 0 radical (unpaired) electrons. The van der Waals surface area contributed by atoms with Crippen molar-refractivity contribution in [3.05, 3.63) is 72.8 Å². The van der Waals surface area contributed by atoms with Gasteiger partial charge in [-0.1, -0.05) is 134 Å². The molecule has 4 unspecified atom stereocenters. The number of allylic oxidation sites excluding steroid dienone is 1. The lowest BCUT2D eigenvalue weighted by molar-refractivity contribution is -0.143. The number of fused-ring (bicyclic) bond motifs is 5. The maximum Gasteiger partial charge on any atom is 0.258 e. The van der Waals surface area contributed by atoms with Crippen LogP contribution < -0.4 is 21.0 Å². The van der Waals surface area contributed by atoms with Crippen molar-refractivity contribution in [2.24, 2.45) is 52.3 Å². The third-order valence-corrected chi connectivity index (χ3v) is 21.4. The lowest BCUT2D eigenvalue weighted by Crippen LogP contribution is -2.66. The van der Waals surface area contributed by atoms with Gasteiger partial charge in [0.05, 0.1) is 25.3 Å². The van der Waals surface area contributed by atoms with Gasteiger partial charge < -0.3 is 25.3 Å². The average Bonchev–Trinajstić information content (AvgIpc) is 3.58. The molecule has 10 atom stereocenters. The molecule has 7 nitrogen and oxygen atoms in total. The van der Waals surface area contributed by atoms with Gasteiger partial charge in [0, 0.05) is 0 Å². The minimum Gasteiger partial charge on any atom is -0.424 e. The summed E-state index contributed by atoms with van der Waals surface area (Å²) in [6.07, 6.45) is 21.7. The van der Waals surface area contributed by atoms with Crippen LogP contribution in [0.5, 0.6) is 0 Å². The molecule has 0 heterocycles. The number of carbonyl (C=O) groups is 2. The molecule has 8 heteroatoms. The Morgan fingerprint density at radius 3 is 2.17 bits per heavy atom. The van der Waals surface area contributed by atoms with Crippen molar-refractivity contribution in [2.45, 2.75) is 156 Å². The number of hydrogen-bond donors (Lipinski definition) is 4. The molecule has 4 aliphatic carbocycles. The predicted molar refractivity (Wildman–Crippen MR) is 247 cm³/mol. The van der Waals surface area contributed by atoms with E-state index in [1.807, 2.05) is 79.7 Å². The summed E-state index contributed by atoms with van der Waals surface area (Å²) >= 11 is 0. The molecule has 0 spiro atoms. The Bertz CT molecular complexity index is 1680. The van der Waals surface area contributed by atoms with Crippen LogP contribution in [-0.4, -0.2) is 61.9 Å². The SMILES string of the molecule is C/C=C/[C@@H](CC(C)(C)[Si](O)(c1ccccc1)c1ccccc1)[C@H](CO)NC(=O)CNC(=O)CO[C@H]1CC[C@@]2(C)C(CCC3C2CC[C@@]2(C)C3CC[C@@H]2CCCCC(C)C)C1. The van der Waals surface area contributed by atoms with Crippen molar-refractivity contribution < 1.29 is 24.2 Å². The number of benzene rings is 2. The quantitative estimate of drug-likeness (QED) is 0.0643. The Morgan fingerprint density at radius 2 is 1.53 bits per heavy atom. The first kappa shape index (κ1) is 46.7. The second-order valence-corrected chi connectivity index (χ2v) is 25.1. The highest BCUT2D eigenvalue weighted by atomic mass is 28.4. The highest BCUT2D eigenvalue weighted by Gasteiger charge is 2.60. The summed E-state index contributed by atoms with van der Waals surface area (Å²) in [5, 5.41) is 17.6. The Morgan fingerprint density at radius 1 is 0.883 bits per heavy atom. The van der Waals surface area contributed by atoms with Crippen LogP contribution in [0.25, 0.3) is 0 Å². The molecule has 2 amide bonds. The molecular weight excluding hydrogens is 761 g/mol. The smallest absolute Gasteiger partial charge is 0.258 e. The van der Waals surface area contributed by atoms with Crippen molar-refractivity contribution >= 4 is 30.5 Å². The zero-order chi connectivity index (χ0) is 43.1. The molecule has 0 bridgehead atoms. The normalized spacial score (nSPS) is 30.3. The van der Waals surface area contributed by atoms with E-state index < -0.39 is 19.4 Å². The van der Waals surface area contributed by atoms with E-state index in [4.69, 9.17) is 4.74 Å². The standard InChI is InChI=1S/C52H80N2O5Si/c1-8-17-38(33-50(4,5)60(58,42-20-11-9-12-21-42)43-22-13-10-14-23-43)47(35-55)54-48(56)34-53-49(57)36-59-41-28-30-52(7)40(32-41)24-26-44-45-27-25-39(19-16-15-18-37(2)3)51(45,6)31-29-46(44)52/h8-14,17,20-23,37-41,44-47,55,58H,15-16,18-19,24-36H2,1-7H3,(H,53,57)(H,54,56)/b17-8+/t38-,39-,40?,41-,44?,45?,46?,47-,51+,52-/m0/s1. The average molecular weight is 841 g/mol. The molecule has 4 N–H and O–H groups in total. The van der Waals surface area contributed by atoms with E-state index in [0.29, 0.717) is 23.2 Å². The summed E-state index contributed by atoms with van der Waals surface area (Å²) in [4.78, 5) is 39.1. The fourth-order valence-electron chi connectivity index (χ4n) is 13.5. The van der Waals surface area contributed by atoms with Crippen LogP contribution in [0, 0.1) is 52.3 Å². The second kappa shape index (κ2) is 20.2. The van der Waals surface area contributed by atoms with E-state index in [1.165, 1.54) is 70.6 Å². The minimum absolute atomic E-state index is 0.0482. The Labute approximate surface area is 364 Å². The summed E-state index contributed by atoms with van der Waals surface area (Å²) in [5.74, 6) is 4.06. The maximum absolute atomic E-state index is 13.3. The number of nitrogens with one attached hydrogen (secondary N) is 2. The third-order valence-electron chi connectivity index (χ3n) is 16.9. The van der Waals surface area contributed by atoms with Gasteiger partial charge in [0.1, 0.15) is 6.61 Å². The summed E-state index contributed by atoms with van der Waals surface area (Å²) in [6, 6.07) is 19.2. The molecular formula is C52H80N2O5Si. The Hall–Kier alpha value is -2.78. The highest BCUT2D eigenvalue weighted by molar-refractivity contribution is 6.98. The fraction of sp³-hybridized carbons (Fsp3) is 0.692. The van der Waals surface area contributed by atoms with Crippen molar-refractivity contribution in [1.82, 2.24) is 10.6 Å². The molecule has 0 aromatic heterocycles. The maximum atomic E-state index is 13.3. The molecule has 4 fully saturated rings. The highest BCUT2D eigenvalue weighted by Crippen LogP contribution is 2.68. The fourth-order valence-corrected chi connectivity index (χ4v) is 17.3. The van der Waals surface area contributed by atoms with Crippen LogP contribution in [0.2, 0.25) is 5.04 Å². The van der Waals surface area contributed by atoms with Crippen LogP contribution in [-0.2, 0) is 14.3 Å². The van der Waals surface area contributed by atoms with Crippen molar-refractivity contribution in [1.29, 1.82) is 0 Å². The van der Waals surface area contributed by atoms with E-state index in [2.05, 4.69) is 52.2 Å². The topological polar surface area (TPSA) is 108 Å². The Kier molecular flexibility index (Phi) is 15.7. The minimum atomic E-state index is -3.31.